The van der Waals surface area contributed by atoms with E-state index in [9.17, 15) is 8.42 Å². The van der Waals surface area contributed by atoms with Crippen molar-refractivity contribution in [1.29, 1.82) is 0 Å². The van der Waals surface area contributed by atoms with Crippen LogP contribution in [0, 0.1) is 0 Å². The number of hydrogen-bond donors (Lipinski definition) is 1. The van der Waals surface area contributed by atoms with Crippen LogP contribution in [0.2, 0.25) is 0 Å². The van der Waals surface area contributed by atoms with Gasteiger partial charge in [0.1, 0.15) is 15.9 Å². The molecule has 7 heteroatoms. The van der Waals surface area contributed by atoms with Gasteiger partial charge in [-0.15, -0.1) is 0 Å². The molecule has 1 N–H and O–H groups in total. The Kier molecular flexibility index (Phi) is 5.17. The van der Waals surface area contributed by atoms with E-state index < -0.39 is 10.0 Å². The Hall–Kier alpha value is -1.83. The van der Waals surface area contributed by atoms with Gasteiger partial charge in [0.05, 0.1) is 11.7 Å². The van der Waals surface area contributed by atoms with E-state index in [-0.39, 0.29) is 10.9 Å². The minimum atomic E-state index is -3.69. The number of aromatic nitrogens is 2. The Bertz CT molecular complexity index is 963. The Balaban J connectivity index is 1.91. The van der Waals surface area contributed by atoms with Crippen LogP contribution in [0.1, 0.15) is 50.3 Å². The first-order valence-corrected chi connectivity index (χ1v) is 10.5. The second-order valence-corrected chi connectivity index (χ2v) is 8.50. The zero-order valence-corrected chi connectivity index (χ0v) is 16.1. The fourth-order valence-corrected chi connectivity index (χ4v) is 4.82. The van der Waals surface area contributed by atoms with Gasteiger partial charge in [-0.05, 0) is 35.6 Å². The molecule has 5 nitrogen and oxygen atoms in total. The van der Waals surface area contributed by atoms with Gasteiger partial charge in [0.2, 0.25) is 10.0 Å². The first-order valence-electron chi connectivity index (χ1n) is 8.26. The van der Waals surface area contributed by atoms with Gasteiger partial charge in [-0.1, -0.05) is 51.1 Å². The first kappa shape index (κ1) is 18.0. The van der Waals surface area contributed by atoms with Crippen LogP contribution in [0.4, 0.5) is 0 Å². The lowest BCUT2D eigenvalue weighted by Crippen LogP contribution is -2.28. The topological polar surface area (TPSA) is 72.0 Å². The monoisotopic (exact) mass is 375 g/mol. The van der Waals surface area contributed by atoms with E-state index in [1.165, 1.54) is 5.56 Å². The van der Waals surface area contributed by atoms with Gasteiger partial charge in [0.15, 0.2) is 0 Å². The summed E-state index contributed by atoms with van der Waals surface area (Å²) in [5.41, 5.74) is 3.21. The quantitative estimate of drug-likeness (QED) is 0.699. The van der Waals surface area contributed by atoms with Crippen LogP contribution in [-0.4, -0.2) is 17.2 Å². The molecule has 1 heterocycles. The SMILES string of the molecule is CCC(NS(=O)(=O)c1cccc2nsnc12)c1ccc(C(C)C)cc1. The van der Waals surface area contributed by atoms with Crippen molar-refractivity contribution in [2.24, 2.45) is 0 Å². The minimum Gasteiger partial charge on any atom is -0.207 e. The summed E-state index contributed by atoms with van der Waals surface area (Å²) in [6, 6.07) is 12.8. The summed E-state index contributed by atoms with van der Waals surface area (Å²) in [4.78, 5) is 0.177. The molecular formula is C18H21N3O2S2. The summed E-state index contributed by atoms with van der Waals surface area (Å²) in [5.74, 6) is 0.445. The van der Waals surface area contributed by atoms with Crippen LogP contribution in [0.15, 0.2) is 47.4 Å². The molecule has 0 aliphatic carbocycles. The van der Waals surface area contributed by atoms with Crippen molar-refractivity contribution in [1.82, 2.24) is 13.5 Å². The molecule has 132 valence electrons. The van der Waals surface area contributed by atoms with Crippen LogP contribution in [0.3, 0.4) is 0 Å². The maximum Gasteiger partial charge on any atom is 0.243 e. The van der Waals surface area contributed by atoms with E-state index >= 15 is 0 Å². The highest BCUT2D eigenvalue weighted by Crippen LogP contribution is 2.25. The molecule has 25 heavy (non-hydrogen) atoms. The maximum absolute atomic E-state index is 12.9. The van der Waals surface area contributed by atoms with Gasteiger partial charge in [-0.3, -0.25) is 0 Å². The maximum atomic E-state index is 12.9. The molecule has 0 aliphatic rings. The minimum absolute atomic E-state index is 0.177. The third-order valence-electron chi connectivity index (χ3n) is 4.25. The van der Waals surface area contributed by atoms with E-state index in [2.05, 4.69) is 39.4 Å². The standard InChI is InChI=1S/C18H21N3O2S2/c1-4-15(14-10-8-13(9-11-14)12(2)3)21-25(22,23)17-7-5-6-16-18(17)20-24-19-16/h5-12,15,21H,4H2,1-3H3. The Morgan fingerprint density at radius 1 is 1.04 bits per heavy atom. The second kappa shape index (κ2) is 7.19. The molecule has 0 saturated heterocycles. The van der Waals surface area contributed by atoms with Gasteiger partial charge in [0, 0.05) is 6.04 Å². The lowest BCUT2D eigenvalue weighted by molar-refractivity contribution is 0.550. The predicted molar refractivity (Wildman–Crippen MR) is 101 cm³/mol. The fourth-order valence-electron chi connectivity index (χ4n) is 2.75. The zero-order chi connectivity index (χ0) is 18.0. The van der Waals surface area contributed by atoms with Crippen LogP contribution < -0.4 is 4.72 Å². The Morgan fingerprint density at radius 3 is 2.36 bits per heavy atom. The molecule has 3 rings (SSSR count). The highest BCUT2D eigenvalue weighted by Gasteiger charge is 2.23. The number of nitrogens with zero attached hydrogens (tertiary/aromatic N) is 2. The molecule has 0 aliphatic heterocycles. The average molecular weight is 376 g/mol. The highest BCUT2D eigenvalue weighted by molar-refractivity contribution is 7.89. The van der Waals surface area contributed by atoms with E-state index in [1.54, 1.807) is 18.2 Å². The molecular weight excluding hydrogens is 354 g/mol. The first-order chi connectivity index (χ1) is 11.9. The zero-order valence-electron chi connectivity index (χ0n) is 14.4. The number of rotatable bonds is 6. The normalized spacial score (nSPS) is 13.4. The number of nitrogens with one attached hydrogen (secondary N) is 1. The van der Waals surface area contributed by atoms with Gasteiger partial charge in [0.25, 0.3) is 0 Å². The second-order valence-electron chi connectivity index (χ2n) is 6.29. The summed E-state index contributed by atoms with van der Waals surface area (Å²) in [7, 11) is -3.69. The third-order valence-corrected chi connectivity index (χ3v) is 6.30. The van der Waals surface area contributed by atoms with Crippen LogP contribution in [0.5, 0.6) is 0 Å². The summed E-state index contributed by atoms with van der Waals surface area (Å²) >= 11 is 1.02. The summed E-state index contributed by atoms with van der Waals surface area (Å²) in [6.07, 6.45) is 0.658. The molecule has 0 saturated carbocycles. The van der Waals surface area contributed by atoms with Crippen LogP contribution in [0.25, 0.3) is 11.0 Å². The molecule has 2 aromatic carbocycles. The molecule has 3 aromatic rings. The van der Waals surface area contributed by atoms with Crippen molar-refractivity contribution in [3.63, 3.8) is 0 Å². The van der Waals surface area contributed by atoms with E-state index in [1.807, 2.05) is 19.1 Å². The van der Waals surface area contributed by atoms with Crippen molar-refractivity contribution in [2.45, 2.75) is 44.0 Å². The van der Waals surface area contributed by atoms with Crippen molar-refractivity contribution < 1.29 is 8.42 Å². The van der Waals surface area contributed by atoms with Gasteiger partial charge >= 0.3 is 0 Å². The molecule has 0 bridgehead atoms. The molecule has 0 spiro atoms. The average Bonchev–Trinajstić information content (AvgIpc) is 3.08. The van der Waals surface area contributed by atoms with Gasteiger partial charge < -0.3 is 0 Å². The smallest absolute Gasteiger partial charge is 0.207 e. The molecule has 0 radical (unpaired) electrons. The summed E-state index contributed by atoms with van der Waals surface area (Å²) in [5, 5.41) is 0. The summed E-state index contributed by atoms with van der Waals surface area (Å²) < 4.78 is 36.8. The van der Waals surface area contributed by atoms with Crippen LogP contribution >= 0.6 is 11.7 Å². The number of fused-ring (bicyclic) bond motifs is 1. The predicted octanol–water partition coefficient (Wildman–Crippen LogP) is 4.24. The Labute approximate surface area is 152 Å². The number of sulfonamides is 1. The lowest BCUT2D eigenvalue weighted by atomic mass is 9.98. The lowest BCUT2D eigenvalue weighted by Gasteiger charge is -2.18. The number of hydrogen-bond acceptors (Lipinski definition) is 5. The van der Waals surface area contributed by atoms with E-state index in [0.29, 0.717) is 23.4 Å². The highest BCUT2D eigenvalue weighted by atomic mass is 32.2. The third kappa shape index (κ3) is 3.73. The van der Waals surface area contributed by atoms with Crippen LogP contribution in [-0.2, 0) is 10.0 Å². The molecule has 1 aromatic heterocycles. The molecule has 0 fully saturated rings. The van der Waals surface area contributed by atoms with Crippen molar-refractivity contribution >= 4 is 32.8 Å². The van der Waals surface area contributed by atoms with E-state index in [0.717, 1.165) is 17.3 Å². The molecule has 1 unspecified atom stereocenters. The van der Waals surface area contributed by atoms with Crippen molar-refractivity contribution in [2.75, 3.05) is 0 Å². The van der Waals surface area contributed by atoms with Crippen molar-refractivity contribution in [3.8, 4) is 0 Å². The molecule has 0 amide bonds. The van der Waals surface area contributed by atoms with E-state index in [4.69, 9.17) is 0 Å². The van der Waals surface area contributed by atoms with Gasteiger partial charge in [-0.25, -0.2) is 13.1 Å². The summed E-state index contributed by atoms with van der Waals surface area (Å²) in [6.45, 7) is 6.24. The molecule has 1 atom stereocenters. The van der Waals surface area contributed by atoms with Gasteiger partial charge in [-0.2, -0.15) is 8.75 Å². The Morgan fingerprint density at radius 2 is 1.72 bits per heavy atom. The van der Waals surface area contributed by atoms with Crippen molar-refractivity contribution in [3.05, 3.63) is 53.6 Å². The number of benzene rings is 2. The largest absolute Gasteiger partial charge is 0.243 e. The fraction of sp³-hybridized carbons (Fsp3) is 0.333.